The third-order valence-electron chi connectivity index (χ3n) is 2.00. The van der Waals surface area contributed by atoms with Crippen LogP contribution >= 0.6 is 11.6 Å². The van der Waals surface area contributed by atoms with Crippen LogP contribution in [0.5, 0.6) is 0 Å². The summed E-state index contributed by atoms with van der Waals surface area (Å²) in [5.74, 6) is 0.0393. The molecule has 2 heterocycles. The number of rotatable bonds is 4. The molecule has 0 unspecified atom stereocenters. The predicted molar refractivity (Wildman–Crippen MR) is 63.6 cm³/mol. The zero-order valence-corrected chi connectivity index (χ0v) is 10.0. The van der Waals surface area contributed by atoms with Crippen LogP contribution in [0.3, 0.4) is 0 Å². The standard InChI is InChI=1S/C9H10ClN7O/c10-7-1-8(13-5-12-7)14-9(18)4-17-3-6(2-11)15-16-17/h1,3,5H,2,4,11H2,(H,12,13,14,18). The van der Waals surface area contributed by atoms with Crippen LogP contribution in [0.2, 0.25) is 5.15 Å². The summed E-state index contributed by atoms with van der Waals surface area (Å²) < 4.78 is 1.39. The molecule has 0 spiro atoms. The molecule has 0 aliphatic carbocycles. The van der Waals surface area contributed by atoms with Gasteiger partial charge in [-0.15, -0.1) is 5.10 Å². The first-order valence-corrected chi connectivity index (χ1v) is 5.41. The van der Waals surface area contributed by atoms with Crippen molar-refractivity contribution < 1.29 is 4.79 Å². The summed E-state index contributed by atoms with van der Waals surface area (Å²) in [6.45, 7) is 0.303. The lowest BCUT2D eigenvalue weighted by molar-refractivity contribution is -0.116. The Morgan fingerprint density at radius 2 is 2.33 bits per heavy atom. The minimum absolute atomic E-state index is 0.0224. The van der Waals surface area contributed by atoms with Gasteiger partial charge in [0.25, 0.3) is 0 Å². The number of hydrogen-bond donors (Lipinski definition) is 2. The van der Waals surface area contributed by atoms with Crippen molar-refractivity contribution in [1.82, 2.24) is 25.0 Å². The fourth-order valence-electron chi connectivity index (χ4n) is 1.24. The molecule has 0 bridgehead atoms. The van der Waals surface area contributed by atoms with Crippen molar-refractivity contribution in [3.63, 3.8) is 0 Å². The van der Waals surface area contributed by atoms with E-state index in [4.69, 9.17) is 17.3 Å². The van der Waals surface area contributed by atoms with Gasteiger partial charge in [-0.3, -0.25) is 4.79 Å². The van der Waals surface area contributed by atoms with Gasteiger partial charge in [-0.05, 0) is 0 Å². The maximum Gasteiger partial charge on any atom is 0.247 e. The van der Waals surface area contributed by atoms with E-state index in [1.165, 1.54) is 17.1 Å². The van der Waals surface area contributed by atoms with Crippen LogP contribution in [0.25, 0.3) is 0 Å². The Morgan fingerprint density at radius 3 is 3.00 bits per heavy atom. The van der Waals surface area contributed by atoms with Gasteiger partial charge in [-0.1, -0.05) is 16.8 Å². The maximum atomic E-state index is 11.7. The first-order valence-electron chi connectivity index (χ1n) is 5.04. The van der Waals surface area contributed by atoms with Crippen LogP contribution < -0.4 is 11.1 Å². The van der Waals surface area contributed by atoms with E-state index in [1.807, 2.05) is 0 Å². The van der Waals surface area contributed by atoms with E-state index in [1.54, 1.807) is 6.20 Å². The molecule has 0 radical (unpaired) electrons. The largest absolute Gasteiger partial charge is 0.325 e. The third kappa shape index (κ3) is 3.22. The second kappa shape index (κ2) is 5.52. The Bertz CT molecular complexity index is 555. The number of anilines is 1. The number of nitrogens with zero attached hydrogens (tertiary/aromatic N) is 5. The molecule has 2 aromatic rings. The lowest BCUT2D eigenvalue weighted by Gasteiger charge is -2.03. The van der Waals surface area contributed by atoms with Crippen molar-refractivity contribution in [3.05, 3.63) is 29.4 Å². The Labute approximate surface area is 107 Å². The molecule has 0 aliphatic heterocycles. The Hall–Kier alpha value is -2.06. The fourth-order valence-corrected chi connectivity index (χ4v) is 1.39. The van der Waals surface area contributed by atoms with Crippen LogP contribution in [-0.2, 0) is 17.9 Å². The van der Waals surface area contributed by atoms with Gasteiger partial charge in [0.2, 0.25) is 5.91 Å². The fraction of sp³-hybridized carbons (Fsp3) is 0.222. The van der Waals surface area contributed by atoms with Gasteiger partial charge < -0.3 is 11.1 Å². The van der Waals surface area contributed by atoms with Gasteiger partial charge in [0.15, 0.2) is 0 Å². The van der Waals surface area contributed by atoms with Crippen LogP contribution in [-0.4, -0.2) is 30.9 Å². The number of hydrogen-bond acceptors (Lipinski definition) is 6. The smallest absolute Gasteiger partial charge is 0.247 e. The average Bonchev–Trinajstić information content (AvgIpc) is 2.76. The molecule has 0 atom stereocenters. The third-order valence-corrected chi connectivity index (χ3v) is 2.21. The van der Waals surface area contributed by atoms with Crippen molar-refractivity contribution in [2.24, 2.45) is 5.73 Å². The molecule has 2 rings (SSSR count). The molecule has 0 saturated carbocycles. The molecule has 1 amide bonds. The SMILES string of the molecule is NCc1cn(CC(=O)Nc2cc(Cl)ncn2)nn1. The van der Waals surface area contributed by atoms with E-state index in [-0.39, 0.29) is 24.1 Å². The molecule has 0 fully saturated rings. The zero-order chi connectivity index (χ0) is 13.0. The first-order chi connectivity index (χ1) is 8.67. The number of nitrogens with two attached hydrogens (primary N) is 1. The number of carbonyl (C=O) groups is 1. The highest BCUT2D eigenvalue weighted by Gasteiger charge is 2.07. The summed E-state index contributed by atoms with van der Waals surface area (Å²) in [6, 6.07) is 1.45. The highest BCUT2D eigenvalue weighted by atomic mass is 35.5. The minimum Gasteiger partial charge on any atom is -0.325 e. The lowest BCUT2D eigenvalue weighted by atomic mass is 10.5. The molecule has 9 heteroatoms. The topological polar surface area (TPSA) is 112 Å². The second-order valence-electron chi connectivity index (χ2n) is 3.39. The summed E-state index contributed by atoms with van der Waals surface area (Å²) in [5, 5.41) is 10.3. The summed E-state index contributed by atoms with van der Waals surface area (Å²) in [4.78, 5) is 19.2. The monoisotopic (exact) mass is 267 g/mol. The molecule has 0 saturated heterocycles. The van der Waals surface area contributed by atoms with Crippen molar-refractivity contribution in [2.45, 2.75) is 13.1 Å². The van der Waals surface area contributed by atoms with Crippen LogP contribution in [0.1, 0.15) is 5.69 Å². The summed E-state index contributed by atoms with van der Waals surface area (Å²) in [6.07, 6.45) is 2.87. The van der Waals surface area contributed by atoms with Crippen LogP contribution in [0, 0.1) is 0 Å². The van der Waals surface area contributed by atoms with Gasteiger partial charge in [0.05, 0.1) is 11.9 Å². The number of amides is 1. The summed E-state index contributed by atoms with van der Waals surface area (Å²) in [5.41, 5.74) is 6.00. The number of nitrogens with one attached hydrogen (secondary N) is 1. The molecule has 3 N–H and O–H groups in total. The molecule has 0 aliphatic rings. The molecule has 94 valence electrons. The zero-order valence-electron chi connectivity index (χ0n) is 9.25. The highest BCUT2D eigenvalue weighted by Crippen LogP contribution is 2.08. The molecule has 18 heavy (non-hydrogen) atoms. The van der Waals surface area contributed by atoms with Crippen LogP contribution in [0.15, 0.2) is 18.6 Å². The predicted octanol–water partition coefficient (Wildman–Crippen LogP) is -0.181. The van der Waals surface area contributed by atoms with Gasteiger partial charge in [0, 0.05) is 12.6 Å². The van der Waals surface area contributed by atoms with Crippen molar-refractivity contribution in [1.29, 1.82) is 0 Å². The van der Waals surface area contributed by atoms with E-state index in [0.717, 1.165) is 0 Å². The van der Waals surface area contributed by atoms with Crippen molar-refractivity contribution in [2.75, 3.05) is 5.32 Å². The maximum absolute atomic E-state index is 11.7. The molecular formula is C9H10ClN7O. The number of aromatic nitrogens is 5. The van der Waals surface area contributed by atoms with E-state index in [9.17, 15) is 4.79 Å². The molecule has 8 nitrogen and oxygen atoms in total. The molecule has 2 aromatic heterocycles. The number of carbonyl (C=O) groups excluding carboxylic acids is 1. The van der Waals surface area contributed by atoms with Gasteiger partial charge >= 0.3 is 0 Å². The second-order valence-corrected chi connectivity index (χ2v) is 3.77. The van der Waals surface area contributed by atoms with E-state index in [0.29, 0.717) is 11.5 Å². The summed E-state index contributed by atoms with van der Waals surface area (Å²) >= 11 is 5.67. The quantitative estimate of drug-likeness (QED) is 0.743. The van der Waals surface area contributed by atoms with Crippen molar-refractivity contribution in [3.8, 4) is 0 Å². The normalized spacial score (nSPS) is 10.3. The van der Waals surface area contributed by atoms with Crippen molar-refractivity contribution >= 4 is 23.3 Å². The Kier molecular flexibility index (Phi) is 3.80. The number of halogens is 1. The summed E-state index contributed by atoms with van der Waals surface area (Å²) in [7, 11) is 0. The van der Waals surface area contributed by atoms with E-state index >= 15 is 0 Å². The van der Waals surface area contributed by atoms with Gasteiger partial charge in [-0.25, -0.2) is 14.6 Å². The Balaban J connectivity index is 1.96. The molecule has 0 aromatic carbocycles. The van der Waals surface area contributed by atoms with E-state index in [2.05, 4.69) is 25.6 Å². The minimum atomic E-state index is -0.293. The Morgan fingerprint density at radius 1 is 1.50 bits per heavy atom. The average molecular weight is 268 g/mol. The van der Waals surface area contributed by atoms with E-state index < -0.39 is 0 Å². The highest BCUT2D eigenvalue weighted by molar-refractivity contribution is 6.29. The first kappa shape index (κ1) is 12.4. The van der Waals surface area contributed by atoms with Gasteiger partial charge in [0.1, 0.15) is 23.8 Å². The lowest BCUT2D eigenvalue weighted by Crippen LogP contribution is -2.19. The van der Waals surface area contributed by atoms with Crippen LogP contribution in [0.4, 0.5) is 5.82 Å². The molecular weight excluding hydrogens is 258 g/mol. The van der Waals surface area contributed by atoms with Gasteiger partial charge in [-0.2, -0.15) is 0 Å².